The second-order valence-corrected chi connectivity index (χ2v) is 5.92. The average Bonchev–Trinajstić information content (AvgIpc) is 2.54. The number of benzene rings is 1. The van der Waals surface area contributed by atoms with Gasteiger partial charge in [-0.05, 0) is 25.6 Å². The van der Waals surface area contributed by atoms with Gasteiger partial charge in [-0.1, -0.05) is 51.1 Å². The van der Waals surface area contributed by atoms with Crippen LogP contribution in [-0.4, -0.2) is 47.9 Å². The lowest BCUT2D eigenvalue weighted by Crippen LogP contribution is -2.44. The molecule has 0 aromatic heterocycles. The van der Waals surface area contributed by atoms with E-state index in [1.807, 2.05) is 36.9 Å². The summed E-state index contributed by atoms with van der Waals surface area (Å²) in [5, 5.41) is 0. The van der Waals surface area contributed by atoms with Crippen molar-refractivity contribution in [2.45, 2.75) is 40.3 Å². The Morgan fingerprint density at radius 3 is 2.04 bits per heavy atom. The van der Waals surface area contributed by atoms with Crippen molar-refractivity contribution in [1.29, 1.82) is 0 Å². The number of carbonyl (C=O) groups excluding carboxylic acids is 1. The van der Waals surface area contributed by atoms with E-state index >= 15 is 0 Å². The van der Waals surface area contributed by atoms with Gasteiger partial charge >= 0.3 is 0 Å². The summed E-state index contributed by atoms with van der Waals surface area (Å²) in [5.41, 5.74) is 7.08. The average molecular weight is 378 g/mol. The Labute approximate surface area is 159 Å². The fourth-order valence-corrected chi connectivity index (χ4v) is 2.39. The van der Waals surface area contributed by atoms with Crippen molar-refractivity contribution in [2.24, 2.45) is 11.7 Å². The topological polar surface area (TPSA) is 49.6 Å². The fraction of sp³-hybridized carbons (Fsp3) is 0.611. The normalized spacial score (nSPS) is 12.8. The van der Waals surface area contributed by atoms with Crippen LogP contribution in [0.25, 0.3) is 0 Å². The molecule has 0 aliphatic heterocycles. The van der Waals surface area contributed by atoms with Gasteiger partial charge in [0.05, 0.1) is 5.92 Å². The zero-order chi connectivity index (χ0) is 16.5. The lowest BCUT2D eigenvalue weighted by molar-refractivity contribution is -0.136. The van der Waals surface area contributed by atoms with Crippen LogP contribution < -0.4 is 5.73 Å². The maximum absolute atomic E-state index is 12.7. The third-order valence-electron chi connectivity index (χ3n) is 4.29. The molecule has 0 aliphatic carbocycles. The van der Waals surface area contributed by atoms with Gasteiger partial charge in [0.1, 0.15) is 0 Å². The zero-order valence-corrected chi connectivity index (χ0v) is 16.9. The molecule has 2 unspecified atom stereocenters. The van der Waals surface area contributed by atoms with E-state index in [-0.39, 0.29) is 42.7 Å². The van der Waals surface area contributed by atoms with E-state index in [4.69, 9.17) is 5.73 Å². The molecule has 0 saturated carbocycles. The van der Waals surface area contributed by atoms with E-state index in [1.54, 1.807) is 0 Å². The van der Waals surface area contributed by atoms with Crippen LogP contribution in [0.5, 0.6) is 0 Å². The third-order valence-corrected chi connectivity index (χ3v) is 4.29. The number of carbonyl (C=O) groups is 1. The summed E-state index contributed by atoms with van der Waals surface area (Å²) in [6.45, 7) is 12.4. The maximum atomic E-state index is 12.7. The van der Waals surface area contributed by atoms with E-state index in [1.165, 1.54) is 0 Å². The molecule has 1 rings (SSSR count). The predicted molar refractivity (Wildman–Crippen MR) is 107 cm³/mol. The van der Waals surface area contributed by atoms with Crippen molar-refractivity contribution in [3.05, 3.63) is 35.9 Å². The molecule has 6 heteroatoms. The van der Waals surface area contributed by atoms with Crippen molar-refractivity contribution in [3.8, 4) is 0 Å². The molecular weight excluding hydrogens is 345 g/mol. The highest BCUT2D eigenvalue weighted by atomic mass is 35.5. The van der Waals surface area contributed by atoms with Crippen molar-refractivity contribution < 1.29 is 4.79 Å². The second kappa shape index (κ2) is 13.5. The molecule has 0 radical (unpaired) electrons. The SMILES string of the molecule is CCN(CC)CCN(Cc1ccccc1)C(=O)C(C)C(C)N.Cl.Cl. The van der Waals surface area contributed by atoms with Crippen LogP contribution >= 0.6 is 24.8 Å². The summed E-state index contributed by atoms with van der Waals surface area (Å²) in [5.74, 6) is -0.00794. The summed E-state index contributed by atoms with van der Waals surface area (Å²) in [6.07, 6.45) is 0. The summed E-state index contributed by atoms with van der Waals surface area (Å²) in [4.78, 5) is 17.0. The minimum atomic E-state index is -0.152. The minimum Gasteiger partial charge on any atom is -0.337 e. The van der Waals surface area contributed by atoms with Crippen molar-refractivity contribution in [1.82, 2.24) is 9.80 Å². The van der Waals surface area contributed by atoms with Crippen LogP contribution in [0.4, 0.5) is 0 Å². The summed E-state index contributed by atoms with van der Waals surface area (Å²) >= 11 is 0. The Morgan fingerprint density at radius 2 is 1.58 bits per heavy atom. The zero-order valence-electron chi connectivity index (χ0n) is 15.3. The second-order valence-electron chi connectivity index (χ2n) is 5.92. The van der Waals surface area contributed by atoms with Crippen LogP contribution in [0.15, 0.2) is 30.3 Å². The summed E-state index contributed by atoms with van der Waals surface area (Å²) in [7, 11) is 0. The molecule has 0 aliphatic rings. The number of rotatable bonds is 9. The van der Waals surface area contributed by atoms with Gasteiger partial charge in [-0.15, -0.1) is 24.8 Å². The van der Waals surface area contributed by atoms with Gasteiger partial charge in [0.25, 0.3) is 0 Å². The number of nitrogens with zero attached hydrogens (tertiary/aromatic N) is 2. The van der Waals surface area contributed by atoms with E-state index in [0.29, 0.717) is 6.54 Å². The van der Waals surface area contributed by atoms with Crippen molar-refractivity contribution in [3.63, 3.8) is 0 Å². The number of hydrogen-bond acceptors (Lipinski definition) is 3. The van der Waals surface area contributed by atoms with Crippen LogP contribution in [-0.2, 0) is 11.3 Å². The molecule has 2 N–H and O–H groups in total. The molecular formula is C18H33Cl2N3O. The Kier molecular flexibility index (Phi) is 14.3. The molecule has 0 fully saturated rings. The number of nitrogens with two attached hydrogens (primary N) is 1. The largest absolute Gasteiger partial charge is 0.337 e. The highest BCUT2D eigenvalue weighted by Gasteiger charge is 2.23. The number of amides is 1. The first kappa shape index (κ1) is 25.4. The molecule has 0 heterocycles. The Hall–Kier alpha value is -0.810. The standard InChI is InChI=1S/C18H31N3O.2ClH/c1-5-20(6-2)12-13-21(18(22)15(3)16(4)19)14-17-10-8-7-9-11-17;;/h7-11,15-16H,5-6,12-14,19H2,1-4H3;2*1H. The molecule has 1 aromatic rings. The first-order chi connectivity index (χ1) is 10.5. The monoisotopic (exact) mass is 377 g/mol. The van der Waals surface area contributed by atoms with Gasteiger partial charge in [0.2, 0.25) is 5.91 Å². The van der Waals surface area contributed by atoms with Gasteiger partial charge in [-0.3, -0.25) is 4.79 Å². The molecule has 0 saturated heterocycles. The van der Waals surface area contributed by atoms with E-state index in [9.17, 15) is 4.79 Å². The smallest absolute Gasteiger partial charge is 0.227 e. The van der Waals surface area contributed by atoms with Crippen LogP contribution in [0.3, 0.4) is 0 Å². The first-order valence-corrected chi connectivity index (χ1v) is 8.30. The van der Waals surface area contributed by atoms with Crippen molar-refractivity contribution in [2.75, 3.05) is 26.2 Å². The number of likely N-dealkylation sites (N-methyl/N-ethyl adjacent to an activating group) is 1. The molecule has 24 heavy (non-hydrogen) atoms. The number of hydrogen-bond donors (Lipinski definition) is 1. The van der Waals surface area contributed by atoms with E-state index < -0.39 is 0 Å². The maximum Gasteiger partial charge on any atom is 0.227 e. The first-order valence-electron chi connectivity index (χ1n) is 8.30. The summed E-state index contributed by atoms with van der Waals surface area (Å²) in [6, 6.07) is 10.0. The van der Waals surface area contributed by atoms with Crippen LogP contribution in [0.2, 0.25) is 0 Å². The Morgan fingerprint density at radius 1 is 1.04 bits per heavy atom. The van der Waals surface area contributed by atoms with Gasteiger partial charge in [0, 0.05) is 25.7 Å². The Bertz CT molecular complexity index is 439. The minimum absolute atomic E-state index is 0. The lowest BCUT2D eigenvalue weighted by atomic mass is 10.0. The predicted octanol–water partition coefficient (Wildman–Crippen LogP) is 3.18. The van der Waals surface area contributed by atoms with Crippen LogP contribution in [0.1, 0.15) is 33.3 Å². The molecule has 0 bridgehead atoms. The highest BCUT2D eigenvalue weighted by Crippen LogP contribution is 2.11. The quantitative estimate of drug-likeness (QED) is 0.718. The van der Waals surface area contributed by atoms with Gasteiger partial charge in [0.15, 0.2) is 0 Å². The highest BCUT2D eigenvalue weighted by molar-refractivity contribution is 5.85. The fourth-order valence-electron chi connectivity index (χ4n) is 2.39. The molecule has 140 valence electrons. The molecule has 4 nitrogen and oxygen atoms in total. The van der Waals surface area contributed by atoms with Crippen molar-refractivity contribution >= 4 is 30.7 Å². The molecule has 0 spiro atoms. The molecule has 2 atom stereocenters. The lowest BCUT2D eigenvalue weighted by Gasteiger charge is -2.30. The van der Waals surface area contributed by atoms with Gasteiger partial charge in [-0.25, -0.2) is 0 Å². The number of halogens is 2. The van der Waals surface area contributed by atoms with Crippen LogP contribution in [0, 0.1) is 5.92 Å². The van der Waals surface area contributed by atoms with Gasteiger partial charge < -0.3 is 15.5 Å². The summed E-state index contributed by atoms with van der Waals surface area (Å²) < 4.78 is 0. The molecule has 1 amide bonds. The molecule has 1 aromatic carbocycles. The van der Waals surface area contributed by atoms with Gasteiger partial charge in [-0.2, -0.15) is 0 Å². The van der Waals surface area contributed by atoms with E-state index in [2.05, 4.69) is 30.9 Å². The van der Waals surface area contributed by atoms with E-state index in [0.717, 1.165) is 31.7 Å². The Balaban J connectivity index is 0. The third kappa shape index (κ3) is 8.34.